The number of hydrogen-bond acceptors (Lipinski definition) is 4. The van der Waals surface area contributed by atoms with Crippen molar-refractivity contribution in [3.8, 4) is 5.75 Å². The first-order valence-corrected chi connectivity index (χ1v) is 9.67. The van der Waals surface area contributed by atoms with Gasteiger partial charge in [0, 0.05) is 37.2 Å². The zero-order valence-corrected chi connectivity index (χ0v) is 16.3. The minimum Gasteiger partial charge on any atom is -0.492 e. The predicted octanol–water partition coefficient (Wildman–Crippen LogP) is 3.08. The summed E-state index contributed by atoms with van der Waals surface area (Å²) in [6.45, 7) is 5.73. The Kier molecular flexibility index (Phi) is 7.05. The maximum absolute atomic E-state index is 12.2. The highest BCUT2D eigenvalue weighted by atomic mass is 79.9. The molecular formula is C20H24BrN3O2. The number of hydrogen-bond donors (Lipinski definition) is 1. The third-order valence-electron chi connectivity index (χ3n) is 4.40. The lowest BCUT2D eigenvalue weighted by Gasteiger charge is -2.34. The van der Waals surface area contributed by atoms with Crippen LogP contribution in [0.15, 0.2) is 59.1 Å². The normalized spacial score (nSPS) is 15.6. The van der Waals surface area contributed by atoms with E-state index < -0.39 is 0 Å². The van der Waals surface area contributed by atoms with Gasteiger partial charge >= 0.3 is 0 Å². The maximum Gasteiger partial charge on any atom is 0.238 e. The molecule has 26 heavy (non-hydrogen) atoms. The monoisotopic (exact) mass is 417 g/mol. The van der Waals surface area contributed by atoms with Crippen LogP contribution < -0.4 is 10.1 Å². The minimum atomic E-state index is 0.0257. The predicted molar refractivity (Wildman–Crippen MR) is 108 cm³/mol. The summed E-state index contributed by atoms with van der Waals surface area (Å²) < 4.78 is 6.65. The number of nitrogens with one attached hydrogen (secondary N) is 1. The van der Waals surface area contributed by atoms with Crippen LogP contribution in [0.25, 0.3) is 0 Å². The second kappa shape index (κ2) is 9.71. The van der Waals surface area contributed by atoms with E-state index in [0.717, 1.165) is 48.6 Å². The van der Waals surface area contributed by atoms with Gasteiger partial charge in [-0.25, -0.2) is 0 Å². The topological polar surface area (TPSA) is 44.8 Å². The summed E-state index contributed by atoms with van der Waals surface area (Å²) in [5, 5.41) is 2.96. The van der Waals surface area contributed by atoms with Crippen LogP contribution in [0.3, 0.4) is 0 Å². The summed E-state index contributed by atoms with van der Waals surface area (Å²) in [6, 6.07) is 17.6. The van der Waals surface area contributed by atoms with Crippen LogP contribution in [0, 0.1) is 0 Å². The van der Waals surface area contributed by atoms with E-state index in [1.807, 2.05) is 54.6 Å². The van der Waals surface area contributed by atoms with Crippen LogP contribution >= 0.6 is 15.9 Å². The number of nitrogens with zero attached hydrogens (tertiary/aromatic N) is 2. The minimum absolute atomic E-state index is 0.0257. The fourth-order valence-electron chi connectivity index (χ4n) is 2.94. The van der Waals surface area contributed by atoms with Gasteiger partial charge in [-0.05, 0) is 40.2 Å². The van der Waals surface area contributed by atoms with Gasteiger partial charge in [0.05, 0.1) is 12.2 Å². The van der Waals surface area contributed by atoms with Crippen molar-refractivity contribution in [1.29, 1.82) is 0 Å². The zero-order chi connectivity index (χ0) is 18.2. The van der Waals surface area contributed by atoms with Gasteiger partial charge in [-0.2, -0.15) is 0 Å². The number of anilines is 1. The Morgan fingerprint density at radius 3 is 2.35 bits per heavy atom. The van der Waals surface area contributed by atoms with Crippen molar-refractivity contribution in [2.45, 2.75) is 0 Å². The van der Waals surface area contributed by atoms with Gasteiger partial charge in [0.2, 0.25) is 5.91 Å². The van der Waals surface area contributed by atoms with Crippen molar-refractivity contribution in [3.05, 3.63) is 59.1 Å². The van der Waals surface area contributed by atoms with Crippen LogP contribution in [0.1, 0.15) is 0 Å². The van der Waals surface area contributed by atoms with E-state index in [0.29, 0.717) is 13.2 Å². The molecule has 0 bridgehead atoms. The highest BCUT2D eigenvalue weighted by Gasteiger charge is 2.19. The lowest BCUT2D eigenvalue weighted by atomic mass is 10.3. The fourth-order valence-corrected chi connectivity index (χ4v) is 3.32. The highest BCUT2D eigenvalue weighted by molar-refractivity contribution is 9.10. The molecule has 2 aromatic carbocycles. The van der Waals surface area contributed by atoms with Crippen molar-refractivity contribution >= 4 is 27.5 Å². The third-order valence-corrected chi connectivity index (χ3v) is 5.09. The number of para-hydroxylation sites is 2. The lowest BCUT2D eigenvalue weighted by molar-refractivity contribution is -0.117. The molecule has 6 heteroatoms. The summed E-state index contributed by atoms with van der Waals surface area (Å²) in [7, 11) is 0. The molecule has 0 spiro atoms. The van der Waals surface area contributed by atoms with Gasteiger partial charge in [-0.3, -0.25) is 14.6 Å². The van der Waals surface area contributed by atoms with Crippen LogP contribution in [-0.2, 0) is 4.79 Å². The SMILES string of the molecule is O=C(CN1CCN(CCOc2ccccc2)CC1)Nc1ccccc1Br. The molecule has 2 aromatic rings. The molecule has 0 saturated carbocycles. The molecular weight excluding hydrogens is 394 g/mol. The summed E-state index contributed by atoms with van der Waals surface area (Å²) in [6.07, 6.45) is 0. The molecule has 1 heterocycles. The molecule has 1 amide bonds. The van der Waals surface area contributed by atoms with E-state index in [1.165, 1.54) is 0 Å². The molecule has 0 aliphatic carbocycles. The Morgan fingerprint density at radius 2 is 1.62 bits per heavy atom. The van der Waals surface area contributed by atoms with Gasteiger partial charge in [-0.15, -0.1) is 0 Å². The molecule has 0 atom stereocenters. The Balaban J connectivity index is 1.34. The maximum atomic E-state index is 12.2. The Labute approximate surface area is 163 Å². The van der Waals surface area contributed by atoms with Crippen LogP contribution in [-0.4, -0.2) is 61.6 Å². The second-order valence-electron chi connectivity index (χ2n) is 6.31. The van der Waals surface area contributed by atoms with E-state index in [4.69, 9.17) is 4.74 Å². The first-order chi connectivity index (χ1) is 12.7. The second-order valence-corrected chi connectivity index (χ2v) is 7.16. The molecule has 138 valence electrons. The number of carbonyl (C=O) groups excluding carboxylic acids is 1. The number of amides is 1. The van der Waals surface area contributed by atoms with Crippen LogP contribution in [0.5, 0.6) is 5.75 Å². The number of benzene rings is 2. The third kappa shape index (κ3) is 5.83. The number of ether oxygens (including phenoxy) is 1. The van der Waals surface area contributed by atoms with Gasteiger partial charge in [-0.1, -0.05) is 30.3 Å². The van der Waals surface area contributed by atoms with Crippen molar-refractivity contribution in [2.75, 3.05) is 51.2 Å². The van der Waals surface area contributed by atoms with Gasteiger partial charge < -0.3 is 10.1 Å². The zero-order valence-electron chi connectivity index (χ0n) is 14.7. The van der Waals surface area contributed by atoms with Crippen molar-refractivity contribution in [2.24, 2.45) is 0 Å². The van der Waals surface area contributed by atoms with Crippen LogP contribution in [0.4, 0.5) is 5.69 Å². The first kappa shape index (κ1) is 18.9. The summed E-state index contributed by atoms with van der Waals surface area (Å²) in [5.74, 6) is 0.938. The molecule has 0 unspecified atom stereocenters. The largest absolute Gasteiger partial charge is 0.492 e. The quantitative estimate of drug-likeness (QED) is 0.751. The molecule has 1 fully saturated rings. The molecule has 0 radical (unpaired) electrons. The number of halogens is 1. The molecule has 5 nitrogen and oxygen atoms in total. The summed E-state index contributed by atoms with van der Waals surface area (Å²) in [5.41, 5.74) is 0.814. The standard InChI is InChI=1S/C20H24BrN3O2/c21-18-8-4-5-9-19(18)22-20(25)16-24-12-10-23(11-13-24)14-15-26-17-6-2-1-3-7-17/h1-9H,10-16H2,(H,22,25). The molecule has 3 rings (SSSR count). The van der Waals surface area contributed by atoms with Crippen molar-refractivity contribution in [1.82, 2.24) is 9.80 Å². The number of carbonyl (C=O) groups is 1. The molecule has 1 aliphatic rings. The molecule has 1 saturated heterocycles. The lowest BCUT2D eigenvalue weighted by Crippen LogP contribution is -2.49. The summed E-state index contributed by atoms with van der Waals surface area (Å²) >= 11 is 3.45. The van der Waals surface area contributed by atoms with E-state index in [-0.39, 0.29) is 5.91 Å². The Morgan fingerprint density at radius 1 is 0.962 bits per heavy atom. The van der Waals surface area contributed by atoms with Gasteiger partial charge in [0.1, 0.15) is 12.4 Å². The number of rotatable bonds is 7. The average molecular weight is 418 g/mol. The highest BCUT2D eigenvalue weighted by Crippen LogP contribution is 2.21. The van der Waals surface area contributed by atoms with Gasteiger partial charge in [0.25, 0.3) is 0 Å². The Bertz CT molecular complexity index is 703. The van der Waals surface area contributed by atoms with Crippen LogP contribution in [0.2, 0.25) is 0 Å². The molecule has 0 aromatic heterocycles. The Hall–Kier alpha value is -1.89. The smallest absolute Gasteiger partial charge is 0.238 e. The average Bonchev–Trinajstić information content (AvgIpc) is 2.66. The fraction of sp³-hybridized carbons (Fsp3) is 0.350. The molecule has 1 aliphatic heterocycles. The van der Waals surface area contributed by atoms with Crippen molar-refractivity contribution < 1.29 is 9.53 Å². The number of piperazine rings is 1. The summed E-state index contributed by atoms with van der Waals surface area (Å²) in [4.78, 5) is 16.8. The first-order valence-electron chi connectivity index (χ1n) is 8.87. The van der Waals surface area contributed by atoms with E-state index in [2.05, 4.69) is 31.0 Å². The van der Waals surface area contributed by atoms with Crippen molar-refractivity contribution in [3.63, 3.8) is 0 Å². The molecule has 1 N–H and O–H groups in total. The van der Waals surface area contributed by atoms with E-state index in [9.17, 15) is 4.79 Å². The van der Waals surface area contributed by atoms with E-state index in [1.54, 1.807) is 0 Å². The van der Waals surface area contributed by atoms with E-state index >= 15 is 0 Å². The van der Waals surface area contributed by atoms with Gasteiger partial charge in [0.15, 0.2) is 0 Å².